The van der Waals surface area contributed by atoms with Crippen LogP contribution in [0.1, 0.15) is 0 Å². The lowest BCUT2D eigenvalue weighted by Crippen LogP contribution is -2.31. The summed E-state index contributed by atoms with van der Waals surface area (Å²) in [6.07, 6.45) is -0.907. The van der Waals surface area contributed by atoms with Crippen LogP contribution in [0.25, 0.3) is 0 Å². The van der Waals surface area contributed by atoms with Crippen LogP contribution in [0.2, 0.25) is 0 Å². The largest absolute Gasteiger partial charge is 0.441 e. The Kier molecular flexibility index (Phi) is 6.48. The third kappa shape index (κ3) is 9.94. The molecule has 0 fully saturated rings. The first-order valence-corrected chi connectivity index (χ1v) is 4.64. The predicted octanol–water partition coefficient (Wildman–Crippen LogP) is 0.182. The lowest BCUT2D eigenvalue weighted by molar-refractivity contribution is -0.0327. The monoisotopic (exact) mass is 219 g/mol. The molecular weight excluding hydrogens is 207 g/mol. The first kappa shape index (κ1) is 13.0. The summed E-state index contributed by atoms with van der Waals surface area (Å²) >= 11 is -0.114. The van der Waals surface area contributed by atoms with Crippen molar-refractivity contribution in [2.75, 3.05) is 25.4 Å². The van der Waals surface area contributed by atoms with E-state index in [0.717, 1.165) is 0 Å². The van der Waals surface area contributed by atoms with Gasteiger partial charge in [-0.3, -0.25) is 0 Å². The fourth-order valence-electron chi connectivity index (χ4n) is 0.572. The molecule has 3 nitrogen and oxygen atoms in total. The molecule has 0 bridgehead atoms. The van der Waals surface area contributed by atoms with Crippen LogP contribution < -0.4 is 5.32 Å². The Balaban J connectivity index is 3.18. The van der Waals surface area contributed by atoms with Crippen molar-refractivity contribution in [3.05, 3.63) is 0 Å². The van der Waals surface area contributed by atoms with Gasteiger partial charge in [-0.2, -0.15) is 13.2 Å². The maximum absolute atomic E-state index is 11.6. The molecule has 0 spiro atoms. The Morgan fingerprint density at radius 2 is 2.00 bits per heavy atom. The molecular formula is C6H12F3NO2S. The Morgan fingerprint density at radius 1 is 1.38 bits per heavy atom. The van der Waals surface area contributed by atoms with Gasteiger partial charge >= 0.3 is 5.51 Å². The Bertz CT molecular complexity index is 134. The summed E-state index contributed by atoms with van der Waals surface area (Å²) in [6, 6.07) is 0. The van der Waals surface area contributed by atoms with E-state index in [2.05, 4.69) is 5.32 Å². The van der Waals surface area contributed by atoms with E-state index in [1.165, 1.54) is 0 Å². The Labute approximate surface area is 78.3 Å². The third-order valence-electron chi connectivity index (χ3n) is 1.14. The minimum Gasteiger partial charge on any atom is -0.394 e. The van der Waals surface area contributed by atoms with Crippen molar-refractivity contribution in [3.63, 3.8) is 0 Å². The molecule has 0 aliphatic rings. The molecule has 0 unspecified atom stereocenters. The van der Waals surface area contributed by atoms with Crippen molar-refractivity contribution in [2.45, 2.75) is 11.6 Å². The van der Waals surface area contributed by atoms with E-state index in [9.17, 15) is 13.2 Å². The number of alkyl halides is 3. The van der Waals surface area contributed by atoms with E-state index in [0.29, 0.717) is 0 Å². The van der Waals surface area contributed by atoms with Crippen molar-refractivity contribution >= 4 is 11.8 Å². The first-order valence-electron chi connectivity index (χ1n) is 3.66. The fourth-order valence-corrected chi connectivity index (χ4v) is 1.05. The maximum Gasteiger partial charge on any atom is 0.441 e. The Morgan fingerprint density at radius 3 is 2.46 bits per heavy atom. The maximum atomic E-state index is 11.6. The average Bonchev–Trinajstić information content (AvgIpc) is 2.01. The lowest BCUT2D eigenvalue weighted by atomic mass is 10.4. The smallest absolute Gasteiger partial charge is 0.394 e. The summed E-state index contributed by atoms with van der Waals surface area (Å²) in [4.78, 5) is 0. The van der Waals surface area contributed by atoms with Gasteiger partial charge in [0, 0.05) is 18.8 Å². The second-order valence-corrected chi connectivity index (χ2v) is 3.49. The van der Waals surface area contributed by atoms with E-state index in [1.54, 1.807) is 0 Å². The zero-order valence-corrected chi connectivity index (χ0v) is 7.66. The highest BCUT2D eigenvalue weighted by Crippen LogP contribution is 2.29. The van der Waals surface area contributed by atoms with Gasteiger partial charge in [0.05, 0.1) is 12.7 Å². The molecule has 0 aliphatic heterocycles. The van der Waals surface area contributed by atoms with Crippen molar-refractivity contribution < 1.29 is 23.4 Å². The van der Waals surface area contributed by atoms with Crippen LogP contribution in [0.5, 0.6) is 0 Å². The van der Waals surface area contributed by atoms with Gasteiger partial charge in [-0.25, -0.2) is 0 Å². The standard InChI is InChI=1S/C6H12F3NO2S/c7-6(8,9)13-2-1-10-3-5(12)4-11/h5,10-12H,1-4H2/t5-/m0/s1. The molecule has 0 saturated heterocycles. The van der Waals surface area contributed by atoms with E-state index in [1.807, 2.05) is 0 Å². The van der Waals surface area contributed by atoms with Crippen molar-refractivity contribution in [2.24, 2.45) is 0 Å². The number of hydrogen-bond donors (Lipinski definition) is 3. The molecule has 7 heteroatoms. The minimum absolute atomic E-state index is 0.0956. The van der Waals surface area contributed by atoms with Crippen LogP contribution in [0.4, 0.5) is 13.2 Å². The fraction of sp³-hybridized carbons (Fsp3) is 1.00. The molecule has 0 aromatic carbocycles. The van der Waals surface area contributed by atoms with Gasteiger partial charge in [-0.05, 0) is 11.8 Å². The molecule has 0 radical (unpaired) electrons. The van der Waals surface area contributed by atoms with E-state index < -0.39 is 11.6 Å². The number of aliphatic hydroxyl groups is 2. The lowest BCUT2D eigenvalue weighted by Gasteiger charge is -2.09. The van der Waals surface area contributed by atoms with Crippen LogP contribution >= 0.6 is 11.8 Å². The number of rotatable bonds is 6. The van der Waals surface area contributed by atoms with Crippen molar-refractivity contribution in [1.82, 2.24) is 5.32 Å². The van der Waals surface area contributed by atoms with Crippen LogP contribution in [-0.2, 0) is 0 Å². The number of aliphatic hydroxyl groups excluding tert-OH is 2. The highest BCUT2D eigenvalue weighted by Gasteiger charge is 2.27. The van der Waals surface area contributed by atoms with E-state index >= 15 is 0 Å². The first-order chi connectivity index (χ1) is 5.95. The minimum atomic E-state index is -4.20. The van der Waals surface area contributed by atoms with Crippen LogP contribution in [0, 0.1) is 0 Å². The zero-order chi connectivity index (χ0) is 10.3. The van der Waals surface area contributed by atoms with E-state index in [-0.39, 0.29) is 37.2 Å². The van der Waals surface area contributed by atoms with Gasteiger partial charge < -0.3 is 15.5 Å². The molecule has 0 aromatic heterocycles. The van der Waals surface area contributed by atoms with E-state index in [4.69, 9.17) is 10.2 Å². The van der Waals surface area contributed by atoms with Gasteiger partial charge in [0.25, 0.3) is 0 Å². The zero-order valence-electron chi connectivity index (χ0n) is 6.84. The van der Waals surface area contributed by atoms with Gasteiger partial charge in [0.2, 0.25) is 0 Å². The molecule has 0 aromatic rings. The second kappa shape index (κ2) is 6.47. The summed E-state index contributed by atoms with van der Waals surface area (Å²) in [5, 5.41) is 19.7. The van der Waals surface area contributed by atoms with Crippen molar-refractivity contribution in [1.29, 1.82) is 0 Å². The van der Waals surface area contributed by atoms with Crippen molar-refractivity contribution in [3.8, 4) is 0 Å². The van der Waals surface area contributed by atoms with Crippen LogP contribution in [0.15, 0.2) is 0 Å². The summed E-state index contributed by atoms with van der Waals surface area (Å²) in [7, 11) is 0. The van der Waals surface area contributed by atoms with Crippen LogP contribution in [-0.4, -0.2) is 47.3 Å². The van der Waals surface area contributed by atoms with Gasteiger partial charge in [-0.1, -0.05) is 0 Å². The molecule has 0 saturated carbocycles. The highest BCUT2D eigenvalue weighted by molar-refractivity contribution is 8.00. The molecule has 0 amide bonds. The Hall–Kier alpha value is 0.0200. The topological polar surface area (TPSA) is 52.5 Å². The molecule has 0 rings (SSSR count). The number of hydrogen-bond acceptors (Lipinski definition) is 4. The molecule has 1 atom stereocenters. The number of thioether (sulfide) groups is 1. The summed E-state index contributed by atoms with van der Waals surface area (Å²) in [5.41, 5.74) is -4.20. The molecule has 13 heavy (non-hydrogen) atoms. The molecule has 80 valence electrons. The van der Waals surface area contributed by atoms with Gasteiger partial charge in [0.15, 0.2) is 0 Å². The summed E-state index contributed by atoms with van der Waals surface area (Å²) in [6.45, 7) is -0.129. The average molecular weight is 219 g/mol. The summed E-state index contributed by atoms with van der Waals surface area (Å²) < 4.78 is 34.7. The highest BCUT2D eigenvalue weighted by atomic mass is 32.2. The summed E-state index contributed by atoms with van der Waals surface area (Å²) in [5.74, 6) is -0.0956. The van der Waals surface area contributed by atoms with Crippen LogP contribution in [0.3, 0.4) is 0 Å². The predicted molar refractivity (Wildman–Crippen MR) is 44.5 cm³/mol. The number of nitrogens with one attached hydrogen (secondary N) is 1. The quantitative estimate of drug-likeness (QED) is 0.558. The SMILES string of the molecule is OC[C@@H](O)CNCCSC(F)(F)F. The van der Waals surface area contributed by atoms with Gasteiger partial charge in [-0.15, -0.1) is 0 Å². The van der Waals surface area contributed by atoms with Gasteiger partial charge in [0.1, 0.15) is 0 Å². The number of halogens is 3. The third-order valence-corrected chi connectivity index (χ3v) is 1.87. The normalized spacial score (nSPS) is 14.5. The molecule has 0 heterocycles. The molecule has 3 N–H and O–H groups in total. The second-order valence-electron chi connectivity index (χ2n) is 2.33. The molecule has 0 aliphatic carbocycles.